The number of nitrogens with zero attached hydrogens (tertiary/aromatic N) is 1. The molecule has 1 aromatic rings. The lowest BCUT2D eigenvalue weighted by Gasteiger charge is -2.37. The predicted molar refractivity (Wildman–Crippen MR) is 101 cm³/mol. The largest absolute Gasteiger partial charge is 0.468 e. The number of fused-ring (bicyclic) bond motifs is 1. The zero-order chi connectivity index (χ0) is 20.3. The number of urea groups is 1. The van der Waals surface area contributed by atoms with E-state index in [1.165, 1.54) is 7.11 Å². The van der Waals surface area contributed by atoms with Crippen molar-refractivity contribution in [1.82, 2.24) is 15.5 Å². The van der Waals surface area contributed by atoms with E-state index in [9.17, 15) is 14.4 Å². The molecule has 0 saturated carbocycles. The van der Waals surface area contributed by atoms with Crippen LogP contribution < -0.4 is 10.6 Å². The Morgan fingerprint density at radius 1 is 1.25 bits per heavy atom. The number of carbonyl (C=O) groups excluding carboxylic acids is 3. The van der Waals surface area contributed by atoms with Crippen LogP contribution in [0.15, 0.2) is 35.5 Å². The van der Waals surface area contributed by atoms with Crippen LogP contribution in [0.25, 0.3) is 0 Å². The second kappa shape index (κ2) is 8.43. The lowest BCUT2D eigenvalue weighted by atomic mass is 9.93. The maximum atomic E-state index is 12.5. The van der Waals surface area contributed by atoms with E-state index in [1.54, 1.807) is 13.8 Å². The van der Waals surface area contributed by atoms with Gasteiger partial charge in [0.2, 0.25) is 0 Å². The smallest absolute Gasteiger partial charge is 0.337 e. The van der Waals surface area contributed by atoms with E-state index < -0.39 is 18.1 Å². The number of rotatable bonds is 5. The summed E-state index contributed by atoms with van der Waals surface area (Å²) in [7, 11) is 1.36. The van der Waals surface area contributed by atoms with Gasteiger partial charge >= 0.3 is 18.0 Å². The van der Waals surface area contributed by atoms with Gasteiger partial charge in [-0.25, -0.2) is 9.59 Å². The number of ether oxygens (including phenoxy) is 2. The first-order chi connectivity index (χ1) is 13.4. The Bertz CT molecular complexity index is 820. The first kappa shape index (κ1) is 19.9. The average Bonchev–Trinajstić information content (AvgIpc) is 2.66. The summed E-state index contributed by atoms with van der Waals surface area (Å²) in [6.07, 6.45) is 0.507. The Kier molecular flexibility index (Phi) is 5.99. The molecule has 2 atom stereocenters. The molecular weight excluding hydrogens is 362 g/mol. The summed E-state index contributed by atoms with van der Waals surface area (Å²) in [5, 5.41) is 5.40. The number of esters is 2. The van der Waals surface area contributed by atoms with Gasteiger partial charge in [-0.15, -0.1) is 0 Å². The summed E-state index contributed by atoms with van der Waals surface area (Å²) in [4.78, 5) is 38.8. The van der Waals surface area contributed by atoms with Gasteiger partial charge in [-0.2, -0.15) is 0 Å². The van der Waals surface area contributed by atoms with Crippen LogP contribution in [0.5, 0.6) is 0 Å². The van der Waals surface area contributed by atoms with E-state index in [0.717, 1.165) is 11.1 Å². The maximum absolute atomic E-state index is 12.5. The minimum absolute atomic E-state index is 0.222. The average molecular weight is 387 g/mol. The summed E-state index contributed by atoms with van der Waals surface area (Å²) in [5.41, 5.74) is 3.01. The van der Waals surface area contributed by atoms with Crippen molar-refractivity contribution in [2.24, 2.45) is 0 Å². The van der Waals surface area contributed by atoms with Crippen LogP contribution in [0, 0.1) is 0 Å². The molecule has 0 aliphatic carbocycles. The molecule has 0 radical (unpaired) electrons. The number of nitrogens with one attached hydrogen (secondary N) is 2. The third kappa shape index (κ3) is 4.01. The van der Waals surface area contributed by atoms with Crippen LogP contribution in [-0.2, 0) is 32.0 Å². The van der Waals surface area contributed by atoms with Gasteiger partial charge in [0.25, 0.3) is 0 Å². The van der Waals surface area contributed by atoms with Crippen molar-refractivity contribution >= 4 is 18.0 Å². The van der Waals surface area contributed by atoms with Crippen molar-refractivity contribution in [1.29, 1.82) is 0 Å². The quantitative estimate of drug-likeness (QED) is 0.735. The summed E-state index contributed by atoms with van der Waals surface area (Å²) < 4.78 is 10.2. The van der Waals surface area contributed by atoms with E-state index in [4.69, 9.17) is 9.47 Å². The standard InChI is InChI=1S/C20H25N3O5/c1-4-28-19(25)17-12(2)21-20(26)22-15(17)11-23-10-14-8-6-5-7-13(14)9-16(23)18(24)27-3/h5-8,12,16H,4,9-11H2,1-3H3,(H2,21,22,26)/t12-,16-/m0/s1. The summed E-state index contributed by atoms with van der Waals surface area (Å²) in [5.74, 6) is -0.828. The molecule has 0 fully saturated rings. The second-order valence-corrected chi connectivity index (χ2v) is 6.85. The zero-order valence-electron chi connectivity index (χ0n) is 16.3. The first-order valence-corrected chi connectivity index (χ1v) is 9.30. The SMILES string of the molecule is CCOC(=O)C1=C(CN2Cc3ccccc3C[C@H]2C(=O)OC)NC(=O)N[C@H]1C. The fraction of sp³-hybridized carbons (Fsp3) is 0.450. The molecule has 1 aromatic carbocycles. The lowest BCUT2D eigenvalue weighted by Crippen LogP contribution is -2.53. The van der Waals surface area contributed by atoms with E-state index in [-0.39, 0.29) is 25.2 Å². The summed E-state index contributed by atoms with van der Waals surface area (Å²) in [6, 6.07) is 6.53. The Morgan fingerprint density at radius 3 is 2.64 bits per heavy atom. The molecule has 2 heterocycles. The highest BCUT2D eigenvalue weighted by molar-refractivity contribution is 5.94. The molecule has 2 aliphatic heterocycles. The van der Waals surface area contributed by atoms with Crippen molar-refractivity contribution in [2.45, 2.75) is 38.9 Å². The molecule has 2 N–H and O–H groups in total. The molecule has 0 bridgehead atoms. The molecule has 28 heavy (non-hydrogen) atoms. The van der Waals surface area contributed by atoms with Gasteiger partial charge in [-0.1, -0.05) is 24.3 Å². The summed E-state index contributed by atoms with van der Waals surface area (Å²) in [6.45, 7) is 4.42. The molecule has 0 unspecified atom stereocenters. The monoisotopic (exact) mass is 387 g/mol. The summed E-state index contributed by atoms with van der Waals surface area (Å²) >= 11 is 0. The van der Waals surface area contributed by atoms with Gasteiger partial charge in [0, 0.05) is 18.8 Å². The molecule has 8 nitrogen and oxygen atoms in total. The molecule has 8 heteroatoms. The van der Waals surface area contributed by atoms with E-state index >= 15 is 0 Å². The molecule has 2 aliphatic rings. The van der Waals surface area contributed by atoms with Crippen LogP contribution >= 0.6 is 0 Å². The fourth-order valence-corrected chi connectivity index (χ4v) is 3.72. The molecule has 0 saturated heterocycles. The van der Waals surface area contributed by atoms with Crippen molar-refractivity contribution in [3.05, 3.63) is 46.7 Å². The van der Waals surface area contributed by atoms with Crippen LogP contribution in [0.4, 0.5) is 4.79 Å². The molecule has 0 aromatic heterocycles. The molecule has 0 spiro atoms. The third-order valence-corrected chi connectivity index (χ3v) is 5.05. The number of hydrogen-bond donors (Lipinski definition) is 2. The van der Waals surface area contributed by atoms with E-state index in [2.05, 4.69) is 10.6 Å². The maximum Gasteiger partial charge on any atom is 0.337 e. The third-order valence-electron chi connectivity index (χ3n) is 5.05. The molecule has 3 rings (SSSR count). The molecule has 2 amide bonds. The minimum Gasteiger partial charge on any atom is -0.468 e. The van der Waals surface area contributed by atoms with Crippen LogP contribution in [0.1, 0.15) is 25.0 Å². The van der Waals surface area contributed by atoms with Gasteiger partial charge in [-0.3, -0.25) is 9.69 Å². The van der Waals surface area contributed by atoms with Crippen molar-refractivity contribution in [2.75, 3.05) is 20.3 Å². The van der Waals surface area contributed by atoms with Gasteiger partial charge in [0.15, 0.2) is 0 Å². The fourth-order valence-electron chi connectivity index (χ4n) is 3.72. The van der Waals surface area contributed by atoms with Crippen molar-refractivity contribution < 1.29 is 23.9 Å². The Hall–Kier alpha value is -2.87. The topological polar surface area (TPSA) is 97.0 Å². The number of methoxy groups -OCH3 is 1. The Morgan fingerprint density at radius 2 is 1.96 bits per heavy atom. The van der Waals surface area contributed by atoms with Crippen molar-refractivity contribution in [3.8, 4) is 0 Å². The molecular formula is C20H25N3O5. The zero-order valence-corrected chi connectivity index (χ0v) is 16.3. The van der Waals surface area contributed by atoms with Crippen LogP contribution in [0.3, 0.4) is 0 Å². The minimum atomic E-state index is -0.502. The highest BCUT2D eigenvalue weighted by Gasteiger charge is 2.36. The van der Waals surface area contributed by atoms with Gasteiger partial charge in [0.05, 0.1) is 25.3 Å². The Labute approximate surface area is 163 Å². The van der Waals surface area contributed by atoms with Crippen LogP contribution in [-0.4, -0.2) is 55.2 Å². The molecule has 150 valence electrons. The highest BCUT2D eigenvalue weighted by Crippen LogP contribution is 2.26. The van der Waals surface area contributed by atoms with Gasteiger partial charge in [0.1, 0.15) is 6.04 Å². The Balaban J connectivity index is 1.95. The number of hydrogen-bond acceptors (Lipinski definition) is 6. The number of carbonyl (C=O) groups is 3. The van der Waals surface area contributed by atoms with Crippen LogP contribution in [0.2, 0.25) is 0 Å². The number of amides is 2. The normalized spacial score (nSPS) is 22.0. The lowest BCUT2D eigenvalue weighted by molar-refractivity contribution is -0.147. The van der Waals surface area contributed by atoms with E-state index in [1.807, 2.05) is 29.2 Å². The van der Waals surface area contributed by atoms with Gasteiger partial charge < -0.3 is 20.1 Å². The second-order valence-electron chi connectivity index (χ2n) is 6.85. The van der Waals surface area contributed by atoms with Crippen molar-refractivity contribution in [3.63, 3.8) is 0 Å². The van der Waals surface area contributed by atoms with E-state index in [0.29, 0.717) is 24.2 Å². The predicted octanol–water partition coefficient (Wildman–Crippen LogP) is 1.10. The number of benzene rings is 1. The first-order valence-electron chi connectivity index (χ1n) is 9.30. The highest BCUT2D eigenvalue weighted by atomic mass is 16.5. The van der Waals surface area contributed by atoms with Gasteiger partial charge in [-0.05, 0) is 31.4 Å².